The van der Waals surface area contributed by atoms with Gasteiger partial charge >= 0.3 is 0 Å². The van der Waals surface area contributed by atoms with Crippen molar-refractivity contribution in [3.63, 3.8) is 0 Å². The van der Waals surface area contributed by atoms with Gasteiger partial charge in [-0.25, -0.2) is 0 Å². The smallest absolute Gasteiger partial charge is 0.283 e. The van der Waals surface area contributed by atoms with Crippen LogP contribution in [0.1, 0.15) is 19.4 Å². The van der Waals surface area contributed by atoms with Crippen molar-refractivity contribution in [1.29, 1.82) is 5.41 Å². The first-order valence-electron chi connectivity index (χ1n) is 7.78. The zero-order chi connectivity index (χ0) is 18.0. The number of carbonyl (C=O) groups is 1. The molecule has 130 valence electrons. The number of hydrazone groups is 1. The van der Waals surface area contributed by atoms with E-state index in [1.165, 1.54) is 16.8 Å². The van der Waals surface area contributed by atoms with Gasteiger partial charge in [0.15, 0.2) is 5.84 Å². The van der Waals surface area contributed by atoms with Crippen molar-refractivity contribution in [2.75, 3.05) is 11.9 Å². The molecule has 0 saturated carbocycles. The highest BCUT2D eigenvalue weighted by molar-refractivity contribution is 9.09. The molecule has 6 nitrogen and oxygen atoms in total. The number of nitrogens with one attached hydrogen (secondary N) is 1. The molecule has 0 atom stereocenters. The maximum atomic E-state index is 12.4. The number of amides is 1. The van der Waals surface area contributed by atoms with E-state index in [9.17, 15) is 4.79 Å². The molecule has 2 aliphatic heterocycles. The average Bonchev–Trinajstić information content (AvgIpc) is 3.01. The van der Waals surface area contributed by atoms with Crippen molar-refractivity contribution in [1.82, 2.24) is 5.01 Å². The molecule has 0 aliphatic carbocycles. The van der Waals surface area contributed by atoms with Crippen LogP contribution in [0.15, 0.2) is 39.9 Å². The molecule has 3 rings (SSSR count). The van der Waals surface area contributed by atoms with Gasteiger partial charge in [-0.1, -0.05) is 41.9 Å². The summed E-state index contributed by atoms with van der Waals surface area (Å²) in [5.41, 5.74) is 0.995. The van der Waals surface area contributed by atoms with Gasteiger partial charge in [-0.05, 0) is 35.5 Å². The third-order valence-corrected chi connectivity index (χ3v) is 5.01. The monoisotopic (exact) mass is 420 g/mol. The molecule has 2 heterocycles. The van der Waals surface area contributed by atoms with Crippen molar-refractivity contribution in [2.45, 2.75) is 13.8 Å². The van der Waals surface area contributed by atoms with Gasteiger partial charge in [0.25, 0.3) is 5.91 Å². The Morgan fingerprint density at radius 2 is 2.24 bits per heavy atom. The molecule has 0 fully saturated rings. The number of thioether (sulfide) groups is 1. The second-order valence-electron chi connectivity index (χ2n) is 5.72. The third kappa shape index (κ3) is 3.85. The van der Waals surface area contributed by atoms with Crippen LogP contribution in [0.25, 0.3) is 6.08 Å². The molecular formula is C17H17BrN4O2S. The fraction of sp³-hybridized carbons (Fsp3) is 0.294. The van der Waals surface area contributed by atoms with Crippen LogP contribution < -0.4 is 4.74 Å². The Hall–Kier alpha value is -1.93. The Morgan fingerprint density at radius 3 is 2.96 bits per heavy atom. The third-order valence-electron chi connectivity index (χ3n) is 3.48. The van der Waals surface area contributed by atoms with Crippen LogP contribution in [0.4, 0.5) is 0 Å². The van der Waals surface area contributed by atoms with Gasteiger partial charge < -0.3 is 4.74 Å². The summed E-state index contributed by atoms with van der Waals surface area (Å²) in [6.45, 7) is 4.59. The van der Waals surface area contributed by atoms with Crippen molar-refractivity contribution < 1.29 is 9.53 Å². The minimum absolute atomic E-state index is 0.0462. The Bertz CT molecular complexity index is 817. The molecule has 1 aromatic rings. The van der Waals surface area contributed by atoms with Crippen molar-refractivity contribution in [3.05, 3.63) is 35.4 Å². The summed E-state index contributed by atoms with van der Waals surface area (Å²) in [6, 6.07) is 7.39. The number of ether oxygens (including phenoxy) is 1. The van der Waals surface area contributed by atoms with Crippen LogP contribution in [-0.4, -0.2) is 38.9 Å². The van der Waals surface area contributed by atoms with E-state index in [1.807, 2.05) is 38.1 Å². The second kappa shape index (κ2) is 7.53. The molecule has 2 aliphatic rings. The molecule has 0 radical (unpaired) electrons. The van der Waals surface area contributed by atoms with Gasteiger partial charge in [0, 0.05) is 11.2 Å². The zero-order valence-electron chi connectivity index (χ0n) is 13.8. The Kier molecular flexibility index (Phi) is 5.39. The van der Waals surface area contributed by atoms with Gasteiger partial charge in [0.05, 0.1) is 12.2 Å². The predicted molar refractivity (Wildman–Crippen MR) is 106 cm³/mol. The van der Waals surface area contributed by atoms with Crippen molar-refractivity contribution in [2.24, 2.45) is 16.0 Å². The van der Waals surface area contributed by atoms with E-state index >= 15 is 0 Å². The molecule has 1 amide bonds. The second-order valence-corrected chi connectivity index (χ2v) is 7.50. The highest BCUT2D eigenvalue weighted by Gasteiger charge is 2.36. The number of hydrogen-bond acceptors (Lipinski definition) is 5. The minimum Gasteiger partial charge on any atom is -0.493 e. The fourth-order valence-electron chi connectivity index (χ4n) is 2.26. The van der Waals surface area contributed by atoms with Gasteiger partial charge in [-0.2, -0.15) is 15.1 Å². The summed E-state index contributed by atoms with van der Waals surface area (Å²) in [5, 5.41) is 16.2. The number of benzene rings is 1. The molecule has 25 heavy (non-hydrogen) atoms. The standard InChI is InChI=1S/C17H17BrN4O2S/c1-10(2)16-21-22-14(19)13(15(23)20-17(22)25-16)9-11-4-3-5-12(8-11)24-7-6-18/h3-5,8-10,19H,6-7H2,1-2H3/b13-9-,19-14?. The molecule has 1 aromatic carbocycles. The van der Waals surface area contributed by atoms with Crippen LogP contribution in [0.3, 0.4) is 0 Å². The lowest BCUT2D eigenvalue weighted by Gasteiger charge is -2.20. The number of halogens is 1. The molecule has 0 bridgehead atoms. The summed E-state index contributed by atoms with van der Waals surface area (Å²) in [5.74, 6) is 0.558. The lowest BCUT2D eigenvalue weighted by molar-refractivity contribution is -0.114. The van der Waals surface area contributed by atoms with E-state index in [4.69, 9.17) is 10.1 Å². The number of aliphatic imine (C=N–C) groups is 1. The van der Waals surface area contributed by atoms with E-state index in [2.05, 4.69) is 26.0 Å². The highest BCUT2D eigenvalue weighted by Crippen LogP contribution is 2.30. The van der Waals surface area contributed by atoms with Crippen LogP contribution in [0, 0.1) is 11.3 Å². The van der Waals surface area contributed by atoms with Gasteiger partial charge in [0.1, 0.15) is 10.8 Å². The molecule has 1 N–H and O–H groups in total. The first-order chi connectivity index (χ1) is 12.0. The normalized spacial score (nSPS) is 18.6. The van der Waals surface area contributed by atoms with Gasteiger partial charge in [-0.15, -0.1) is 0 Å². The number of carbonyl (C=O) groups excluding carboxylic acids is 1. The van der Waals surface area contributed by atoms with Crippen molar-refractivity contribution in [3.8, 4) is 5.75 Å². The number of nitrogens with zero attached hydrogens (tertiary/aromatic N) is 3. The highest BCUT2D eigenvalue weighted by atomic mass is 79.9. The first kappa shape index (κ1) is 17.9. The molecule has 0 saturated heterocycles. The summed E-state index contributed by atoms with van der Waals surface area (Å²) in [7, 11) is 0. The maximum Gasteiger partial charge on any atom is 0.283 e. The van der Waals surface area contributed by atoms with Gasteiger partial charge in [0.2, 0.25) is 5.17 Å². The van der Waals surface area contributed by atoms with E-state index in [0.29, 0.717) is 17.5 Å². The minimum atomic E-state index is -0.421. The summed E-state index contributed by atoms with van der Waals surface area (Å²) >= 11 is 4.66. The van der Waals surface area contributed by atoms with E-state index in [1.54, 1.807) is 6.08 Å². The predicted octanol–water partition coefficient (Wildman–Crippen LogP) is 3.74. The molecule has 8 heteroatoms. The Balaban J connectivity index is 1.89. The van der Waals surface area contributed by atoms with Crippen LogP contribution in [-0.2, 0) is 4.79 Å². The molecule has 0 unspecified atom stereocenters. The summed E-state index contributed by atoms with van der Waals surface area (Å²) in [6.07, 6.45) is 1.65. The lowest BCUT2D eigenvalue weighted by Crippen LogP contribution is -2.35. The largest absolute Gasteiger partial charge is 0.493 e. The first-order valence-corrected chi connectivity index (χ1v) is 9.72. The Morgan fingerprint density at radius 1 is 1.44 bits per heavy atom. The van der Waals surface area contributed by atoms with Gasteiger partial charge in [-0.3, -0.25) is 10.2 Å². The van der Waals surface area contributed by atoms with Crippen LogP contribution in [0.5, 0.6) is 5.75 Å². The lowest BCUT2D eigenvalue weighted by atomic mass is 10.1. The summed E-state index contributed by atoms with van der Waals surface area (Å²) in [4.78, 5) is 16.4. The molecule has 0 spiro atoms. The average molecular weight is 421 g/mol. The van der Waals surface area contributed by atoms with Crippen molar-refractivity contribution >= 4 is 55.7 Å². The number of fused-ring (bicyclic) bond motifs is 1. The molecular weight excluding hydrogens is 404 g/mol. The number of alkyl halides is 1. The fourth-order valence-corrected chi connectivity index (χ4v) is 3.31. The summed E-state index contributed by atoms with van der Waals surface area (Å²) < 4.78 is 5.57. The maximum absolute atomic E-state index is 12.4. The number of rotatable bonds is 5. The quantitative estimate of drug-likeness (QED) is 0.581. The number of amidine groups is 2. The van der Waals surface area contributed by atoms with E-state index < -0.39 is 5.91 Å². The van der Waals surface area contributed by atoms with E-state index in [-0.39, 0.29) is 17.3 Å². The van der Waals surface area contributed by atoms with Crippen LogP contribution >= 0.6 is 27.7 Å². The Labute approximate surface area is 158 Å². The number of hydrogen-bond donors (Lipinski definition) is 1. The topological polar surface area (TPSA) is 78.1 Å². The SMILES string of the molecule is CC(C)C1=NN2C(=N)/C(=C/c3cccc(OCCBr)c3)C(=O)N=C2S1. The molecule has 0 aromatic heterocycles. The van der Waals surface area contributed by atoms with Crippen LogP contribution in [0.2, 0.25) is 0 Å². The zero-order valence-corrected chi connectivity index (χ0v) is 16.2. The van der Waals surface area contributed by atoms with E-state index in [0.717, 1.165) is 15.9 Å².